The Balaban J connectivity index is 1.87. The van der Waals surface area contributed by atoms with Crippen molar-refractivity contribution in [2.24, 2.45) is 0 Å². The van der Waals surface area contributed by atoms with E-state index in [1.54, 1.807) is 18.1 Å². The Labute approximate surface area is 186 Å². The predicted molar refractivity (Wildman–Crippen MR) is 124 cm³/mol. The first kappa shape index (κ1) is 23.3. The van der Waals surface area contributed by atoms with Crippen LogP contribution in [-0.2, 0) is 9.53 Å². The summed E-state index contributed by atoms with van der Waals surface area (Å²) in [6.07, 6.45) is 4.10. The van der Waals surface area contributed by atoms with E-state index in [-0.39, 0.29) is 35.7 Å². The Hall–Kier alpha value is -3.40. The molecule has 1 fully saturated rings. The number of carbonyl (C=O) groups is 1. The highest BCUT2D eigenvalue weighted by Crippen LogP contribution is 2.28. The number of allylic oxidation sites excluding steroid dienone is 1. The molecule has 1 aromatic carbocycles. The van der Waals surface area contributed by atoms with Gasteiger partial charge in [0.2, 0.25) is 5.91 Å². The number of nitrogens with zero attached hydrogens (tertiary/aromatic N) is 1. The number of amidine groups is 1. The van der Waals surface area contributed by atoms with Crippen LogP contribution in [0.15, 0.2) is 29.6 Å². The summed E-state index contributed by atoms with van der Waals surface area (Å²) in [6.45, 7) is 3.59. The molecule has 1 unspecified atom stereocenters. The second-order valence-electron chi connectivity index (χ2n) is 7.80. The highest BCUT2D eigenvalue weighted by molar-refractivity contribution is 6.11. The fourth-order valence-corrected chi connectivity index (χ4v) is 3.81. The number of nitrogens with two attached hydrogens (primary N) is 1. The van der Waals surface area contributed by atoms with Gasteiger partial charge < -0.3 is 36.7 Å². The Morgan fingerprint density at radius 1 is 1.41 bits per heavy atom. The molecular formula is C22H30FN7O2. The number of hydrogen-bond acceptors (Lipinski definition) is 7. The highest BCUT2D eigenvalue weighted by atomic mass is 19.1. The molecule has 0 spiro atoms. The number of carbonyl (C=O) groups excluding carboxylic acids is 1. The van der Waals surface area contributed by atoms with Crippen molar-refractivity contribution in [3.05, 3.63) is 41.0 Å². The van der Waals surface area contributed by atoms with E-state index in [4.69, 9.17) is 21.3 Å². The van der Waals surface area contributed by atoms with Crippen LogP contribution in [0.25, 0.3) is 5.57 Å². The molecule has 0 aliphatic carbocycles. The maximum Gasteiger partial charge on any atom is 0.219 e. The lowest BCUT2D eigenvalue weighted by Crippen LogP contribution is -2.42. The van der Waals surface area contributed by atoms with Crippen molar-refractivity contribution in [1.82, 2.24) is 15.5 Å². The van der Waals surface area contributed by atoms with Crippen molar-refractivity contribution < 1.29 is 13.9 Å². The molecule has 1 atom stereocenters. The summed E-state index contributed by atoms with van der Waals surface area (Å²) in [7, 11) is 1.68. The lowest BCUT2D eigenvalue weighted by atomic mass is 10.0. The van der Waals surface area contributed by atoms with E-state index in [1.807, 2.05) is 0 Å². The van der Waals surface area contributed by atoms with Crippen LogP contribution in [0.2, 0.25) is 0 Å². The smallest absolute Gasteiger partial charge is 0.219 e. The second kappa shape index (κ2) is 10.3. The normalized spacial score (nSPS) is 19.0. The molecule has 2 heterocycles. The summed E-state index contributed by atoms with van der Waals surface area (Å²) in [5, 5.41) is 25.2. The molecular weight excluding hydrogens is 413 g/mol. The Kier molecular flexibility index (Phi) is 7.47. The van der Waals surface area contributed by atoms with Crippen molar-refractivity contribution in [1.29, 1.82) is 10.8 Å². The van der Waals surface area contributed by atoms with Gasteiger partial charge in [0.15, 0.2) is 0 Å². The third-order valence-corrected chi connectivity index (χ3v) is 5.57. The summed E-state index contributed by atoms with van der Waals surface area (Å²) >= 11 is 0. The number of nitrogen functional groups attached to an aromatic ring is 1. The van der Waals surface area contributed by atoms with Gasteiger partial charge in [-0.3, -0.25) is 10.2 Å². The number of amides is 1. The molecule has 0 saturated carbocycles. The summed E-state index contributed by atoms with van der Waals surface area (Å²) in [6, 6.07) is 2.81. The van der Waals surface area contributed by atoms with Crippen LogP contribution in [0.3, 0.4) is 0 Å². The van der Waals surface area contributed by atoms with Gasteiger partial charge in [-0.1, -0.05) is 0 Å². The number of nitrogens with one attached hydrogen (secondary N) is 5. The minimum Gasteiger partial charge on any atom is -0.398 e. The number of halogens is 1. The molecule has 1 amide bonds. The van der Waals surface area contributed by atoms with Gasteiger partial charge in [0, 0.05) is 74.1 Å². The molecule has 7 N–H and O–H groups in total. The first-order valence-electron chi connectivity index (χ1n) is 10.5. The fourth-order valence-electron chi connectivity index (χ4n) is 3.81. The Bertz CT molecular complexity index is 967. The molecule has 2 aliphatic heterocycles. The zero-order chi connectivity index (χ0) is 23.3. The van der Waals surface area contributed by atoms with Gasteiger partial charge >= 0.3 is 0 Å². The molecule has 1 saturated heterocycles. The SMILES string of the molecule is CN/C=C(\C=N)c1cc(F)c(NC(=N)C2=C(NC3CCOC3)CCN(C(C)=O)C2)cc1N. The molecule has 0 bridgehead atoms. The van der Waals surface area contributed by atoms with Crippen LogP contribution in [0, 0.1) is 16.6 Å². The monoisotopic (exact) mass is 443 g/mol. The first-order chi connectivity index (χ1) is 15.3. The predicted octanol–water partition coefficient (Wildman–Crippen LogP) is 1.89. The maximum absolute atomic E-state index is 14.9. The average molecular weight is 444 g/mol. The van der Waals surface area contributed by atoms with E-state index < -0.39 is 5.82 Å². The number of hydrogen-bond donors (Lipinski definition) is 6. The van der Waals surface area contributed by atoms with E-state index in [9.17, 15) is 9.18 Å². The number of anilines is 2. The van der Waals surface area contributed by atoms with Crippen LogP contribution < -0.4 is 21.7 Å². The first-order valence-corrected chi connectivity index (χ1v) is 10.5. The quantitative estimate of drug-likeness (QED) is 0.216. The molecule has 3 rings (SSSR count). The van der Waals surface area contributed by atoms with Gasteiger partial charge in [0.25, 0.3) is 0 Å². The lowest BCUT2D eigenvalue weighted by Gasteiger charge is -2.32. The van der Waals surface area contributed by atoms with Gasteiger partial charge in [-0.2, -0.15) is 0 Å². The van der Waals surface area contributed by atoms with E-state index in [2.05, 4.69) is 16.0 Å². The van der Waals surface area contributed by atoms with Gasteiger partial charge in [0.05, 0.1) is 24.9 Å². The van der Waals surface area contributed by atoms with E-state index in [0.717, 1.165) is 18.3 Å². The molecule has 2 aliphatic rings. The fraction of sp³-hybridized carbons (Fsp3) is 0.409. The Morgan fingerprint density at radius 3 is 2.81 bits per heavy atom. The van der Waals surface area contributed by atoms with Crippen LogP contribution in [0.5, 0.6) is 0 Å². The minimum absolute atomic E-state index is 0.00135. The van der Waals surface area contributed by atoms with Crippen molar-refractivity contribution >= 4 is 34.9 Å². The molecule has 1 aromatic rings. The summed E-state index contributed by atoms with van der Waals surface area (Å²) in [5.41, 5.74) is 8.73. The van der Waals surface area contributed by atoms with Gasteiger partial charge in [-0.25, -0.2) is 4.39 Å². The van der Waals surface area contributed by atoms with Crippen LogP contribution in [0.1, 0.15) is 25.3 Å². The molecule has 0 radical (unpaired) electrons. The molecule has 32 heavy (non-hydrogen) atoms. The standard InChI is InChI=1S/C22H30FN7O2/c1-13(31)30-5-3-20(28-15-4-6-32-12-15)17(11-30)22(26)29-21-8-19(25)16(7-18(21)23)14(9-24)10-27-2/h7-10,15,24,27-28H,3-6,11-12,25H2,1-2H3,(H2,26,29)/b14-10+,24-9?. The zero-order valence-corrected chi connectivity index (χ0v) is 18.3. The largest absolute Gasteiger partial charge is 0.398 e. The van der Waals surface area contributed by atoms with Gasteiger partial charge in [-0.15, -0.1) is 0 Å². The van der Waals surface area contributed by atoms with Crippen LogP contribution >= 0.6 is 0 Å². The second-order valence-corrected chi connectivity index (χ2v) is 7.80. The topological polar surface area (TPSA) is 139 Å². The zero-order valence-electron chi connectivity index (χ0n) is 18.3. The molecule has 172 valence electrons. The van der Waals surface area contributed by atoms with Crippen LogP contribution in [-0.4, -0.2) is 62.3 Å². The number of benzene rings is 1. The van der Waals surface area contributed by atoms with Crippen molar-refractivity contribution in [3.8, 4) is 0 Å². The van der Waals surface area contributed by atoms with Crippen molar-refractivity contribution in [2.45, 2.75) is 25.8 Å². The van der Waals surface area contributed by atoms with E-state index in [0.29, 0.717) is 42.9 Å². The minimum atomic E-state index is -0.596. The van der Waals surface area contributed by atoms with Crippen molar-refractivity contribution in [2.75, 3.05) is 44.4 Å². The van der Waals surface area contributed by atoms with Crippen LogP contribution in [0.4, 0.5) is 15.8 Å². The molecule has 0 aromatic heterocycles. The third kappa shape index (κ3) is 5.25. The number of ether oxygens (including phenoxy) is 1. The maximum atomic E-state index is 14.9. The van der Waals surface area contributed by atoms with Crippen molar-refractivity contribution in [3.63, 3.8) is 0 Å². The van der Waals surface area contributed by atoms with Gasteiger partial charge in [-0.05, 0) is 18.6 Å². The third-order valence-electron chi connectivity index (χ3n) is 5.57. The Morgan fingerprint density at radius 2 is 2.19 bits per heavy atom. The lowest BCUT2D eigenvalue weighted by molar-refractivity contribution is -0.128. The highest BCUT2D eigenvalue weighted by Gasteiger charge is 2.26. The molecule has 10 heteroatoms. The van der Waals surface area contributed by atoms with E-state index in [1.165, 1.54) is 19.1 Å². The molecule has 9 nitrogen and oxygen atoms in total. The average Bonchev–Trinajstić information content (AvgIpc) is 3.27. The van der Waals surface area contributed by atoms with E-state index >= 15 is 0 Å². The van der Waals surface area contributed by atoms with Gasteiger partial charge in [0.1, 0.15) is 11.7 Å². The number of rotatable bonds is 7. The summed E-state index contributed by atoms with van der Waals surface area (Å²) < 4.78 is 20.3. The summed E-state index contributed by atoms with van der Waals surface area (Å²) in [4.78, 5) is 13.6. The summed E-state index contributed by atoms with van der Waals surface area (Å²) in [5.74, 6) is -0.670.